The van der Waals surface area contributed by atoms with Crippen molar-refractivity contribution in [3.05, 3.63) is 53.9 Å². The molecule has 6 nitrogen and oxygen atoms in total. The Bertz CT molecular complexity index is 846. The first-order chi connectivity index (χ1) is 13.4. The molecule has 1 aromatic rings. The monoisotopic (exact) mass is 428 g/mol. The van der Waals surface area contributed by atoms with Crippen LogP contribution in [-0.2, 0) is 22.1 Å². The highest BCUT2D eigenvalue weighted by molar-refractivity contribution is 7.85. The van der Waals surface area contributed by atoms with Crippen LogP contribution in [0, 0.1) is 5.92 Å². The third kappa shape index (κ3) is 6.75. The van der Waals surface area contributed by atoms with Crippen LogP contribution in [0.1, 0.15) is 19.0 Å². The molecule has 0 saturated carbocycles. The van der Waals surface area contributed by atoms with Gasteiger partial charge in [-0.3, -0.25) is 4.21 Å². The Hall–Kier alpha value is -2.20. The van der Waals surface area contributed by atoms with E-state index in [4.69, 9.17) is 17.0 Å². The van der Waals surface area contributed by atoms with E-state index in [1.807, 2.05) is 13.0 Å². The van der Waals surface area contributed by atoms with E-state index in [-0.39, 0.29) is 23.3 Å². The number of hydrogen-bond donors (Lipinski definition) is 1. The number of aromatic nitrogens is 3. The van der Waals surface area contributed by atoms with E-state index in [1.165, 1.54) is 30.1 Å². The molecule has 2 heterocycles. The minimum atomic E-state index is -0.823. The summed E-state index contributed by atoms with van der Waals surface area (Å²) in [5, 5.41) is 10.8. The maximum Gasteiger partial charge on any atom is 0.256 e. The van der Waals surface area contributed by atoms with Crippen molar-refractivity contribution in [2.24, 2.45) is 5.92 Å². The van der Waals surface area contributed by atoms with Crippen LogP contribution in [0.2, 0.25) is 0 Å². The molecule has 1 aromatic heterocycles. The number of thiocarbonyl (C=S) groups is 1. The van der Waals surface area contributed by atoms with Crippen LogP contribution >= 0.6 is 12.2 Å². The number of halogens is 2. The third-order valence-electron chi connectivity index (χ3n) is 4.07. The second-order valence-corrected chi connectivity index (χ2v) is 8.03. The Labute approximate surface area is 170 Å². The van der Waals surface area contributed by atoms with Crippen LogP contribution in [0.3, 0.4) is 0 Å². The minimum Gasteiger partial charge on any atom is -0.474 e. The summed E-state index contributed by atoms with van der Waals surface area (Å²) >= 11 is 4.87. The van der Waals surface area contributed by atoms with Crippen molar-refractivity contribution in [3.63, 3.8) is 0 Å². The molecule has 0 saturated heterocycles. The van der Waals surface area contributed by atoms with Crippen molar-refractivity contribution in [3.8, 4) is 0 Å². The second kappa shape index (κ2) is 11.0. The average Bonchev–Trinajstić information content (AvgIpc) is 3.15. The predicted octanol–water partition coefficient (Wildman–Crippen LogP) is 3.19. The molecular weight excluding hydrogens is 406 g/mol. The van der Waals surface area contributed by atoms with Gasteiger partial charge in [-0.15, -0.1) is 5.10 Å². The SMILES string of the molecule is COC(=S)NCc1cn(C(/C=C/F)=C/C(F)=CC(C)C2=CCS(=O)CC2)nn1. The maximum atomic E-state index is 14.5. The first-order valence-corrected chi connectivity index (χ1v) is 10.5. The van der Waals surface area contributed by atoms with Crippen molar-refractivity contribution >= 4 is 33.9 Å². The summed E-state index contributed by atoms with van der Waals surface area (Å²) in [5.41, 5.74) is 1.75. The summed E-state index contributed by atoms with van der Waals surface area (Å²) in [5.74, 6) is 0.432. The zero-order valence-electron chi connectivity index (χ0n) is 15.6. The Balaban J connectivity index is 2.13. The second-order valence-electron chi connectivity index (χ2n) is 6.04. The Kier molecular flexibility index (Phi) is 8.65. The lowest BCUT2D eigenvalue weighted by atomic mass is 9.97. The Morgan fingerprint density at radius 1 is 1.57 bits per heavy atom. The molecule has 0 aromatic carbocycles. The van der Waals surface area contributed by atoms with Gasteiger partial charge in [-0.25, -0.2) is 13.5 Å². The zero-order valence-corrected chi connectivity index (χ0v) is 17.2. The number of hydrogen-bond acceptors (Lipinski definition) is 5. The molecule has 0 spiro atoms. The summed E-state index contributed by atoms with van der Waals surface area (Å²) in [4.78, 5) is 0. The van der Waals surface area contributed by atoms with Crippen molar-refractivity contribution in [2.45, 2.75) is 19.9 Å². The van der Waals surface area contributed by atoms with Crippen molar-refractivity contribution in [1.29, 1.82) is 0 Å². The molecular formula is C18H22F2N4O2S2. The summed E-state index contributed by atoms with van der Waals surface area (Å²) in [7, 11) is 0.619. The fourth-order valence-electron chi connectivity index (χ4n) is 2.56. The molecule has 2 atom stereocenters. The number of nitrogens with one attached hydrogen (secondary N) is 1. The molecule has 1 N–H and O–H groups in total. The molecule has 0 amide bonds. The lowest BCUT2D eigenvalue weighted by Crippen LogP contribution is -2.22. The number of rotatable bonds is 7. The normalized spacial score (nSPS) is 19.4. The Morgan fingerprint density at radius 3 is 3.00 bits per heavy atom. The summed E-state index contributed by atoms with van der Waals surface area (Å²) in [6, 6.07) is 0. The molecule has 0 fully saturated rings. The first kappa shape index (κ1) is 22.1. The standard InChI is InChI=1S/C18H22F2N4O2S2/c1-13(14-4-7-28(25)8-5-14)9-15(20)10-17(3-6-19)24-12-16(22-23-24)11-21-18(27)26-2/h3-4,6,9-10,12-13H,5,7-8,11H2,1-2H3,(H,21,27)/b6-3+,15-9?,17-10+. The van der Waals surface area contributed by atoms with Crippen LogP contribution in [0.25, 0.3) is 5.70 Å². The molecule has 0 radical (unpaired) electrons. The number of ether oxygens (including phenoxy) is 1. The van der Waals surface area contributed by atoms with Crippen molar-refractivity contribution in [2.75, 3.05) is 18.6 Å². The van der Waals surface area contributed by atoms with Crippen molar-refractivity contribution in [1.82, 2.24) is 20.3 Å². The molecule has 28 heavy (non-hydrogen) atoms. The van der Waals surface area contributed by atoms with E-state index in [1.54, 1.807) is 0 Å². The molecule has 2 unspecified atom stereocenters. The van der Waals surface area contributed by atoms with Gasteiger partial charge in [-0.2, -0.15) is 0 Å². The fraction of sp³-hybridized carbons (Fsp3) is 0.389. The van der Waals surface area contributed by atoms with Gasteiger partial charge in [0.05, 0.1) is 31.9 Å². The molecule has 1 aliphatic heterocycles. The molecule has 0 aliphatic carbocycles. The fourth-order valence-corrected chi connectivity index (χ4v) is 3.66. The highest BCUT2D eigenvalue weighted by atomic mass is 32.2. The smallest absolute Gasteiger partial charge is 0.256 e. The topological polar surface area (TPSA) is 69.0 Å². The minimum absolute atomic E-state index is 0.144. The number of methoxy groups -OCH3 is 1. The van der Waals surface area contributed by atoms with Gasteiger partial charge in [-0.1, -0.05) is 23.8 Å². The van der Waals surface area contributed by atoms with Gasteiger partial charge < -0.3 is 10.1 Å². The third-order valence-corrected chi connectivity index (χ3v) is 5.58. The highest BCUT2D eigenvalue weighted by Gasteiger charge is 2.14. The van der Waals surface area contributed by atoms with E-state index in [2.05, 4.69) is 15.6 Å². The summed E-state index contributed by atoms with van der Waals surface area (Å²) < 4.78 is 44.8. The van der Waals surface area contributed by atoms with E-state index in [9.17, 15) is 13.0 Å². The highest BCUT2D eigenvalue weighted by Crippen LogP contribution is 2.23. The molecule has 152 valence electrons. The van der Waals surface area contributed by atoms with Gasteiger partial charge in [0, 0.05) is 22.3 Å². The molecule has 0 bridgehead atoms. The summed E-state index contributed by atoms with van der Waals surface area (Å²) in [6.45, 7) is 2.14. The maximum absolute atomic E-state index is 14.5. The largest absolute Gasteiger partial charge is 0.474 e. The van der Waals surface area contributed by atoms with Crippen LogP contribution in [0.15, 0.2) is 48.2 Å². The van der Waals surface area contributed by atoms with E-state index in [0.717, 1.165) is 11.6 Å². The average molecular weight is 429 g/mol. The lowest BCUT2D eigenvalue weighted by Gasteiger charge is -2.16. The van der Waals surface area contributed by atoms with E-state index in [0.29, 0.717) is 30.0 Å². The zero-order chi connectivity index (χ0) is 20.5. The van der Waals surface area contributed by atoms with Gasteiger partial charge >= 0.3 is 0 Å². The number of nitrogens with zero attached hydrogens (tertiary/aromatic N) is 3. The summed E-state index contributed by atoms with van der Waals surface area (Å²) in [6.07, 6.45) is 8.14. The van der Waals surface area contributed by atoms with Gasteiger partial charge in [-0.05, 0) is 42.8 Å². The number of allylic oxidation sites excluding steroid dienone is 6. The molecule has 1 aliphatic rings. The van der Waals surface area contributed by atoms with Crippen LogP contribution in [0.4, 0.5) is 8.78 Å². The van der Waals surface area contributed by atoms with Crippen molar-refractivity contribution < 1.29 is 17.7 Å². The Morgan fingerprint density at radius 2 is 2.36 bits per heavy atom. The molecule has 10 heteroatoms. The molecule has 2 rings (SSSR count). The van der Waals surface area contributed by atoms with Crippen LogP contribution in [-0.4, -0.2) is 43.0 Å². The van der Waals surface area contributed by atoms with Gasteiger partial charge in [0.1, 0.15) is 11.5 Å². The van der Waals surface area contributed by atoms with Gasteiger partial charge in [0.15, 0.2) is 0 Å². The van der Waals surface area contributed by atoms with Gasteiger partial charge in [0.2, 0.25) is 0 Å². The predicted molar refractivity (Wildman–Crippen MR) is 110 cm³/mol. The van der Waals surface area contributed by atoms with Gasteiger partial charge in [0.25, 0.3) is 5.17 Å². The lowest BCUT2D eigenvalue weighted by molar-refractivity contribution is 0.392. The first-order valence-electron chi connectivity index (χ1n) is 8.56. The van der Waals surface area contributed by atoms with Crippen LogP contribution in [0.5, 0.6) is 0 Å². The quantitative estimate of drug-likeness (QED) is 0.409. The van der Waals surface area contributed by atoms with Crippen LogP contribution < -0.4 is 5.32 Å². The van der Waals surface area contributed by atoms with E-state index < -0.39 is 16.6 Å². The van der Waals surface area contributed by atoms with E-state index >= 15 is 0 Å².